The minimum atomic E-state index is -0.00297. The molecule has 0 aliphatic carbocycles. The van der Waals surface area contributed by atoms with Gasteiger partial charge in [-0.05, 0) is 54.5 Å². The number of hydrogen-bond donors (Lipinski definition) is 2. The zero-order valence-corrected chi connectivity index (χ0v) is 26.4. The summed E-state index contributed by atoms with van der Waals surface area (Å²) >= 11 is 0. The smallest absolute Gasteiger partial charge is 0.222 e. The predicted molar refractivity (Wildman–Crippen MR) is 169 cm³/mol. The first kappa shape index (κ1) is 33.2. The number of benzene rings is 2. The van der Waals surface area contributed by atoms with E-state index in [1.807, 2.05) is 0 Å². The fraction of sp³-hybridized carbons (Fsp3) is 0.618. The maximum atomic E-state index is 12.5. The summed E-state index contributed by atoms with van der Waals surface area (Å²) in [5.41, 5.74) is 4.66. The van der Waals surface area contributed by atoms with E-state index in [1.54, 1.807) is 21.3 Å². The van der Waals surface area contributed by atoms with Crippen molar-refractivity contribution in [1.82, 2.24) is 10.6 Å². The minimum Gasteiger partial charge on any atom is -0.490 e. The Balaban J connectivity index is 1.45. The van der Waals surface area contributed by atoms with Gasteiger partial charge in [-0.2, -0.15) is 0 Å². The van der Waals surface area contributed by atoms with Gasteiger partial charge in [0, 0.05) is 58.8 Å². The first-order chi connectivity index (χ1) is 21.1. The first-order valence-corrected chi connectivity index (χ1v) is 15.8. The summed E-state index contributed by atoms with van der Waals surface area (Å²) in [6.07, 6.45) is 3.53. The topological polar surface area (TPSA) is 90.5 Å². The molecule has 0 saturated carbocycles. The highest BCUT2D eigenvalue weighted by Crippen LogP contribution is 2.35. The van der Waals surface area contributed by atoms with Crippen LogP contribution in [0.4, 0.5) is 5.69 Å². The number of ether oxygens (including phenoxy) is 5. The molecule has 0 aromatic heterocycles. The van der Waals surface area contributed by atoms with E-state index in [-0.39, 0.29) is 29.9 Å². The van der Waals surface area contributed by atoms with Gasteiger partial charge in [0.05, 0.1) is 44.8 Å². The highest BCUT2D eigenvalue weighted by Gasteiger charge is 2.34. The Bertz CT molecular complexity index is 1110. The molecule has 2 N–H and O–H groups in total. The number of rotatable bonds is 17. The fourth-order valence-electron chi connectivity index (χ4n) is 6.12. The molecule has 0 unspecified atom stereocenters. The van der Waals surface area contributed by atoms with E-state index in [4.69, 9.17) is 23.7 Å². The molecule has 4 atom stereocenters. The molecule has 0 radical (unpaired) electrons. The van der Waals surface area contributed by atoms with Gasteiger partial charge in [0.1, 0.15) is 12.4 Å². The van der Waals surface area contributed by atoms with Crippen LogP contribution in [0.25, 0.3) is 0 Å². The number of hydrogen-bond acceptors (Lipinski definition) is 8. The minimum absolute atomic E-state index is 0.00297. The molecule has 9 heteroatoms. The summed E-state index contributed by atoms with van der Waals surface area (Å²) in [5, 5.41) is 6.54. The molecule has 238 valence electrons. The van der Waals surface area contributed by atoms with Crippen molar-refractivity contribution in [3.05, 3.63) is 59.2 Å². The lowest BCUT2D eigenvalue weighted by molar-refractivity contribution is -0.125. The Morgan fingerprint density at radius 3 is 2.60 bits per heavy atom. The van der Waals surface area contributed by atoms with Crippen molar-refractivity contribution in [3.63, 3.8) is 0 Å². The first-order valence-electron chi connectivity index (χ1n) is 15.8. The quantitative estimate of drug-likeness (QED) is 0.261. The largest absolute Gasteiger partial charge is 0.490 e. The second-order valence-corrected chi connectivity index (χ2v) is 11.5. The lowest BCUT2D eigenvalue weighted by atomic mass is 9.81. The molecule has 2 aromatic carbocycles. The van der Waals surface area contributed by atoms with Gasteiger partial charge in [-0.15, -0.1) is 0 Å². The number of anilines is 1. The average molecular weight is 598 g/mol. The Morgan fingerprint density at radius 1 is 1.07 bits per heavy atom. The van der Waals surface area contributed by atoms with Crippen molar-refractivity contribution in [2.24, 2.45) is 5.92 Å². The number of fused-ring (bicyclic) bond motifs is 1. The third-order valence-electron chi connectivity index (χ3n) is 8.61. The summed E-state index contributed by atoms with van der Waals surface area (Å²) < 4.78 is 28.7. The molecule has 43 heavy (non-hydrogen) atoms. The van der Waals surface area contributed by atoms with Crippen LogP contribution in [0, 0.1) is 5.92 Å². The Labute approximate surface area is 257 Å². The highest BCUT2D eigenvalue weighted by molar-refractivity contribution is 5.78. The van der Waals surface area contributed by atoms with E-state index in [9.17, 15) is 4.79 Å². The van der Waals surface area contributed by atoms with E-state index >= 15 is 0 Å². The van der Waals surface area contributed by atoms with Gasteiger partial charge in [-0.25, -0.2) is 0 Å². The Morgan fingerprint density at radius 2 is 1.86 bits per heavy atom. The third kappa shape index (κ3) is 9.65. The maximum Gasteiger partial charge on any atom is 0.222 e. The zero-order valence-electron chi connectivity index (χ0n) is 26.4. The molecular formula is C34H51N3O6. The van der Waals surface area contributed by atoms with Crippen LogP contribution in [-0.4, -0.2) is 85.4 Å². The molecule has 1 fully saturated rings. The molecule has 1 amide bonds. The van der Waals surface area contributed by atoms with Crippen LogP contribution in [0.15, 0.2) is 42.5 Å². The van der Waals surface area contributed by atoms with Crippen molar-refractivity contribution in [2.75, 3.05) is 72.2 Å². The number of amides is 1. The van der Waals surface area contributed by atoms with E-state index in [0.29, 0.717) is 33.0 Å². The second-order valence-electron chi connectivity index (χ2n) is 11.5. The number of methoxy groups -OCH3 is 2. The lowest BCUT2D eigenvalue weighted by Gasteiger charge is -2.38. The van der Waals surface area contributed by atoms with Crippen molar-refractivity contribution in [1.29, 1.82) is 0 Å². The standard InChI is InChI=1S/C34H51N3O6/c1-5-27(34(38)35-2)20-29-21-30(28-10-7-25(8-11-28)23-41-18-17-40-4)33(22-36-29)43-24-26-9-12-32-31(19-26)37(14-16-42-32)13-6-15-39-3/h7-12,19,27,29-30,33,36H,5-6,13-18,20-24H2,1-4H3,(H,35,38)/t27-,29-,30-,33+/m1/s1. The van der Waals surface area contributed by atoms with E-state index in [2.05, 4.69) is 64.9 Å². The summed E-state index contributed by atoms with van der Waals surface area (Å²) in [7, 11) is 5.15. The molecule has 2 aliphatic heterocycles. The summed E-state index contributed by atoms with van der Waals surface area (Å²) in [6, 6.07) is 15.4. The van der Waals surface area contributed by atoms with Gasteiger partial charge in [-0.3, -0.25) is 4.79 Å². The van der Waals surface area contributed by atoms with Crippen molar-refractivity contribution < 1.29 is 28.5 Å². The molecule has 2 aliphatic rings. The van der Waals surface area contributed by atoms with Crippen LogP contribution < -0.4 is 20.3 Å². The van der Waals surface area contributed by atoms with Crippen LogP contribution >= 0.6 is 0 Å². The van der Waals surface area contributed by atoms with Crippen LogP contribution in [-0.2, 0) is 37.0 Å². The second kappa shape index (κ2) is 17.6. The normalized spacial score (nSPS) is 20.7. The van der Waals surface area contributed by atoms with Crippen molar-refractivity contribution in [3.8, 4) is 5.75 Å². The van der Waals surface area contributed by atoms with Crippen LogP contribution in [0.1, 0.15) is 55.2 Å². The van der Waals surface area contributed by atoms with Crippen LogP contribution in [0.5, 0.6) is 5.75 Å². The lowest BCUT2D eigenvalue weighted by Crippen LogP contribution is -2.48. The van der Waals surface area contributed by atoms with Crippen LogP contribution in [0.3, 0.4) is 0 Å². The maximum absolute atomic E-state index is 12.5. The Kier molecular flexibility index (Phi) is 13.6. The molecule has 0 bridgehead atoms. The summed E-state index contributed by atoms with van der Waals surface area (Å²) in [5.74, 6) is 1.25. The van der Waals surface area contributed by atoms with Gasteiger partial charge in [-0.1, -0.05) is 37.3 Å². The molecule has 1 saturated heterocycles. The number of nitrogens with one attached hydrogen (secondary N) is 2. The zero-order chi connectivity index (χ0) is 30.4. The highest BCUT2D eigenvalue weighted by atomic mass is 16.5. The van der Waals surface area contributed by atoms with Crippen molar-refractivity contribution in [2.45, 2.75) is 63.9 Å². The molecular weight excluding hydrogens is 546 g/mol. The monoisotopic (exact) mass is 597 g/mol. The molecule has 2 aromatic rings. The van der Waals surface area contributed by atoms with E-state index in [0.717, 1.165) is 74.5 Å². The van der Waals surface area contributed by atoms with Gasteiger partial charge in [0.2, 0.25) is 5.91 Å². The number of piperidine rings is 1. The van der Waals surface area contributed by atoms with E-state index < -0.39 is 0 Å². The van der Waals surface area contributed by atoms with Gasteiger partial charge in [0.15, 0.2) is 0 Å². The fourth-order valence-corrected chi connectivity index (χ4v) is 6.12. The van der Waals surface area contributed by atoms with Gasteiger partial charge in [0.25, 0.3) is 0 Å². The molecule has 0 spiro atoms. The van der Waals surface area contributed by atoms with Gasteiger partial charge >= 0.3 is 0 Å². The number of carbonyl (C=O) groups is 1. The predicted octanol–water partition coefficient (Wildman–Crippen LogP) is 4.28. The summed E-state index contributed by atoms with van der Waals surface area (Å²) in [6.45, 7) is 8.33. The molecule has 9 nitrogen and oxygen atoms in total. The van der Waals surface area contributed by atoms with Gasteiger partial charge < -0.3 is 39.2 Å². The number of carbonyl (C=O) groups excluding carboxylic acids is 1. The molecule has 2 heterocycles. The van der Waals surface area contributed by atoms with Crippen molar-refractivity contribution >= 4 is 11.6 Å². The Hall–Kier alpha value is -2.69. The van der Waals surface area contributed by atoms with Crippen LogP contribution in [0.2, 0.25) is 0 Å². The average Bonchev–Trinajstić information content (AvgIpc) is 3.05. The third-order valence-corrected chi connectivity index (χ3v) is 8.61. The molecule has 4 rings (SSSR count). The number of nitrogens with zero attached hydrogens (tertiary/aromatic N) is 1. The summed E-state index contributed by atoms with van der Waals surface area (Å²) in [4.78, 5) is 14.8. The SMILES string of the molecule is CC[C@H](C[C@@H]1C[C@H](c2ccc(COCCOC)cc2)[C@@H](OCc2ccc3c(c2)N(CCCOC)CCO3)CN1)C(=O)NC. The van der Waals surface area contributed by atoms with E-state index in [1.165, 1.54) is 5.56 Å².